The highest BCUT2D eigenvalue weighted by molar-refractivity contribution is 6.02. The maximum absolute atomic E-state index is 14.3. The van der Waals surface area contributed by atoms with Gasteiger partial charge in [-0.25, -0.2) is 0 Å². The van der Waals surface area contributed by atoms with Gasteiger partial charge < -0.3 is 0 Å². The number of hydrazine groups is 1. The average Bonchev–Trinajstić information content (AvgIpc) is 2.90. The number of rotatable bonds is 5. The Labute approximate surface area is 246 Å². The topological polar surface area (TPSA) is 116 Å². The first-order chi connectivity index (χ1) is 19.0. The minimum Gasteiger partial charge on any atom is -0.299 e. The molecule has 0 aromatic carbocycles. The summed E-state index contributed by atoms with van der Waals surface area (Å²) < 4.78 is 0. The van der Waals surface area contributed by atoms with Gasteiger partial charge in [0.15, 0.2) is 5.78 Å². The number of fused-ring (bicyclic) bond motifs is 5. The lowest BCUT2D eigenvalue weighted by atomic mass is 9.35. The predicted octanol–water partition coefficient (Wildman–Crippen LogP) is 6.23. The highest BCUT2D eigenvalue weighted by atomic mass is 16.2. The summed E-state index contributed by atoms with van der Waals surface area (Å²) in [6.45, 7) is 16.5. The molecule has 0 radical (unpaired) electrons. The number of nitriles is 1. The second-order valence-corrected chi connectivity index (χ2v) is 15.6. The molecule has 4 fully saturated rings. The zero-order chi connectivity index (χ0) is 30.6. The van der Waals surface area contributed by atoms with Crippen molar-refractivity contribution >= 4 is 23.4 Å². The number of allylic oxidation sites excluding steroid dienone is 2. The summed E-state index contributed by atoms with van der Waals surface area (Å²) in [4.78, 5) is 53.2. The molecule has 0 bridgehead atoms. The molecule has 0 heterocycles. The second kappa shape index (κ2) is 10.7. The molecule has 41 heavy (non-hydrogen) atoms. The van der Waals surface area contributed by atoms with Crippen molar-refractivity contribution in [2.24, 2.45) is 50.7 Å². The van der Waals surface area contributed by atoms with Gasteiger partial charge in [0.1, 0.15) is 11.9 Å². The number of Topliss-reactive ketones (excluding diaryl/α,β-unsaturated/α-hetero) is 2. The zero-order valence-corrected chi connectivity index (χ0v) is 26.5. The van der Waals surface area contributed by atoms with Gasteiger partial charge in [-0.3, -0.25) is 30.0 Å². The Morgan fingerprint density at radius 2 is 1.68 bits per heavy atom. The molecule has 7 atom stereocenters. The van der Waals surface area contributed by atoms with E-state index in [9.17, 15) is 24.4 Å². The van der Waals surface area contributed by atoms with Crippen LogP contribution in [0.1, 0.15) is 120 Å². The van der Waals surface area contributed by atoms with Crippen LogP contribution in [0.5, 0.6) is 0 Å². The van der Waals surface area contributed by atoms with E-state index in [1.807, 2.05) is 20.8 Å². The fraction of sp³-hybridized carbons (Fsp3) is 0.794. The summed E-state index contributed by atoms with van der Waals surface area (Å²) in [5.41, 5.74) is 3.83. The van der Waals surface area contributed by atoms with E-state index in [2.05, 4.69) is 44.6 Å². The fourth-order valence-electron chi connectivity index (χ4n) is 9.77. The van der Waals surface area contributed by atoms with Crippen LogP contribution >= 0.6 is 0 Å². The predicted molar refractivity (Wildman–Crippen MR) is 158 cm³/mol. The summed E-state index contributed by atoms with van der Waals surface area (Å²) >= 11 is 0. The van der Waals surface area contributed by atoms with Gasteiger partial charge in [-0.1, -0.05) is 54.5 Å². The standard InChI is InChI=1S/C34H51N3O4/c1-9-10-22(20-35)28(40)31(5,6)23-11-12-32(7)24(17-23)18-26(39)27-25-19-30(3,4)13-15-34(25,16-14-33(27,32)8)29(41)37-36-21(2)38/h10,23-25,27H,9,11-19H2,1-8H3,(H,36,38)(H,37,41). The van der Waals surface area contributed by atoms with Gasteiger partial charge in [-0.2, -0.15) is 5.26 Å². The molecule has 0 aromatic rings. The van der Waals surface area contributed by atoms with E-state index in [0.29, 0.717) is 19.3 Å². The largest absolute Gasteiger partial charge is 0.299 e. The fourth-order valence-corrected chi connectivity index (χ4v) is 9.77. The molecule has 7 nitrogen and oxygen atoms in total. The highest BCUT2D eigenvalue weighted by Gasteiger charge is 2.69. The second-order valence-electron chi connectivity index (χ2n) is 15.6. The van der Waals surface area contributed by atoms with E-state index in [1.54, 1.807) is 6.08 Å². The van der Waals surface area contributed by atoms with Crippen LogP contribution in [0.15, 0.2) is 11.6 Å². The third-order valence-corrected chi connectivity index (χ3v) is 12.7. The van der Waals surface area contributed by atoms with E-state index >= 15 is 0 Å². The van der Waals surface area contributed by atoms with Crippen LogP contribution in [0.2, 0.25) is 0 Å². The number of ketones is 2. The number of carbonyl (C=O) groups is 4. The van der Waals surface area contributed by atoms with E-state index in [-0.39, 0.29) is 68.9 Å². The summed E-state index contributed by atoms with van der Waals surface area (Å²) in [5, 5.41) is 9.64. The van der Waals surface area contributed by atoms with Gasteiger partial charge in [0.25, 0.3) is 0 Å². The molecule has 7 heteroatoms. The first kappa shape index (κ1) is 31.4. The SMILES string of the molecule is CCC=C(C#N)C(=O)C(C)(C)C1CCC2(C)C(CC(=O)C3C4CC(C)(C)CCC4(C(=O)NNC(C)=O)CCC32C)C1. The number of amides is 2. The third kappa shape index (κ3) is 4.97. The molecule has 0 aliphatic heterocycles. The van der Waals surface area contributed by atoms with Crippen molar-refractivity contribution in [3.05, 3.63) is 11.6 Å². The summed E-state index contributed by atoms with van der Waals surface area (Å²) in [6, 6.07) is 2.12. The first-order valence-corrected chi connectivity index (χ1v) is 15.7. The molecule has 7 unspecified atom stereocenters. The van der Waals surface area contributed by atoms with Crippen molar-refractivity contribution in [1.82, 2.24) is 10.9 Å². The molecule has 4 aliphatic carbocycles. The van der Waals surface area contributed by atoms with Gasteiger partial charge in [0.05, 0.1) is 11.0 Å². The molecule has 226 valence electrons. The van der Waals surface area contributed by atoms with Crippen LogP contribution in [0.25, 0.3) is 0 Å². The van der Waals surface area contributed by atoms with Crippen LogP contribution in [0.4, 0.5) is 0 Å². The zero-order valence-electron chi connectivity index (χ0n) is 26.5. The van der Waals surface area contributed by atoms with Crippen molar-refractivity contribution in [3.63, 3.8) is 0 Å². The minimum atomic E-state index is -0.671. The molecule has 0 saturated heterocycles. The smallest absolute Gasteiger partial charge is 0.244 e. The van der Waals surface area contributed by atoms with E-state index in [4.69, 9.17) is 0 Å². The summed E-state index contributed by atoms with van der Waals surface area (Å²) in [7, 11) is 0. The molecule has 4 saturated carbocycles. The van der Waals surface area contributed by atoms with Crippen molar-refractivity contribution in [2.45, 2.75) is 120 Å². The molecular weight excluding hydrogens is 514 g/mol. The molecular formula is C34H51N3O4. The van der Waals surface area contributed by atoms with Gasteiger partial charge in [0, 0.05) is 24.7 Å². The van der Waals surface area contributed by atoms with Crippen LogP contribution in [-0.2, 0) is 19.2 Å². The Morgan fingerprint density at radius 3 is 2.29 bits per heavy atom. The summed E-state index contributed by atoms with van der Waals surface area (Å²) in [5.74, 6) is -0.276. The Hall–Kier alpha value is -2.49. The Balaban J connectivity index is 1.67. The number of nitrogens with one attached hydrogen (secondary N) is 2. The number of hydrogen-bond donors (Lipinski definition) is 2. The van der Waals surface area contributed by atoms with Gasteiger partial charge >= 0.3 is 0 Å². The van der Waals surface area contributed by atoms with E-state index in [0.717, 1.165) is 44.9 Å². The van der Waals surface area contributed by atoms with E-state index in [1.165, 1.54) is 6.92 Å². The Bertz CT molecular complexity index is 1190. The maximum atomic E-state index is 14.3. The molecule has 2 N–H and O–H groups in total. The Morgan fingerprint density at radius 1 is 1.02 bits per heavy atom. The van der Waals surface area contributed by atoms with Crippen molar-refractivity contribution in [3.8, 4) is 6.07 Å². The lowest BCUT2D eigenvalue weighted by molar-refractivity contribution is -0.204. The molecule has 0 spiro atoms. The number of carbonyl (C=O) groups excluding carboxylic acids is 4. The van der Waals surface area contributed by atoms with Crippen LogP contribution in [0, 0.1) is 62.1 Å². The van der Waals surface area contributed by atoms with Gasteiger partial charge in [-0.05, 0) is 91.8 Å². The Kier molecular flexibility index (Phi) is 8.17. The number of hydrogen-bond acceptors (Lipinski definition) is 5. The lowest BCUT2D eigenvalue weighted by Gasteiger charge is -2.68. The molecule has 4 rings (SSSR count). The quantitative estimate of drug-likeness (QED) is 0.233. The first-order valence-electron chi connectivity index (χ1n) is 15.7. The van der Waals surface area contributed by atoms with Crippen LogP contribution in [-0.4, -0.2) is 23.4 Å². The van der Waals surface area contributed by atoms with Gasteiger partial charge in [-0.15, -0.1) is 0 Å². The minimum absolute atomic E-state index is 0.0330. The molecule has 2 amide bonds. The third-order valence-electron chi connectivity index (χ3n) is 12.7. The lowest BCUT2D eigenvalue weighted by Crippen LogP contribution is -2.67. The highest BCUT2D eigenvalue weighted by Crippen LogP contribution is 2.72. The number of nitrogens with zero attached hydrogens (tertiary/aromatic N) is 1. The van der Waals surface area contributed by atoms with Crippen molar-refractivity contribution in [2.75, 3.05) is 0 Å². The molecule has 0 aromatic heterocycles. The van der Waals surface area contributed by atoms with Crippen molar-refractivity contribution in [1.29, 1.82) is 5.26 Å². The monoisotopic (exact) mass is 565 g/mol. The van der Waals surface area contributed by atoms with Crippen LogP contribution < -0.4 is 10.9 Å². The average molecular weight is 566 g/mol. The maximum Gasteiger partial charge on any atom is 0.244 e. The summed E-state index contributed by atoms with van der Waals surface area (Å²) in [6.07, 6.45) is 9.44. The van der Waals surface area contributed by atoms with Crippen LogP contribution in [0.3, 0.4) is 0 Å². The van der Waals surface area contributed by atoms with Crippen molar-refractivity contribution < 1.29 is 19.2 Å². The molecule has 4 aliphatic rings. The van der Waals surface area contributed by atoms with E-state index < -0.39 is 10.8 Å². The normalized spacial score (nSPS) is 38.4. The van der Waals surface area contributed by atoms with Gasteiger partial charge in [0.2, 0.25) is 11.8 Å².